The summed E-state index contributed by atoms with van der Waals surface area (Å²) in [4.78, 5) is 3.89. The first-order chi connectivity index (χ1) is 4.93. The van der Waals surface area contributed by atoms with Gasteiger partial charge in [-0.1, -0.05) is 6.07 Å². The van der Waals surface area contributed by atoms with Gasteiger partial charge in [0.25, 0.3) is 0 Å². The summed E-state index contributed by atoms with van der Waals surface area (Å²) in [7, 11) is 0. The first-order valence-electron chi connectivity index (χ1n) is 2.74. The number of nitriles is 1. The zero-order valence-corrected chi connectivity index (χ0v) is 5.20. The van der Waals surface area contributed by atoms with Crippen molar-refractivity contribution in [1.29, 1.82) is 5.26 Å². The highest BCUT2D eigenvalue weighted by atomic mass is 14.6. The summed E-state index contributed by atoms with van der Waals surface area (Å²) in [6.07, 6.45) is 1.64. The molecule has 0 unspecified atom stereocenters. The van der Waals surface area contributed by atoms with Crippen LogP contribution >= 0.6 is 0 Å². The van der Waals surface area contributed by atoms with Gasteiger partial charge in [-0.2, -0.15) is 5.26 Å². The zero-order valence-electron chi connectivity index (χ0n) is 5.20. The summed E-state index contributed by atoms with van der Waals surface area (Å²) in [5.74, 6) is 4.83. The van der Waals surface area contributed by atoms with Gasteiger partial charge in [0.05, 0.1) is 0 Å². The fourth-order valence-corrected chi connectivity index (χ4v) is 0.529. The van der Waals surface area contributed by atoms with Gasteiger partial charge in [0.2, 0.25) is 0 Å². The molecule has 0 aromatic carbocycles. The van der Waals surface area contributed by atoms with E-state index in [0.717, 1.165) is 0 Å². The van der Waals surface area contributed by atoms with E-state index in [9.17, 15) is 0 Å². The predicted octanol–water partition coefficient (Wildman–Crippen LogP) is 0.957. The van der Waals surface area contributed by atoms with Crippen molar-refractivity contribution < 1.29 is 0 Å². The van der Waals surface area contributed by atoms with Crippen molar-refractivity contribution in [2.75, 3.05) is 0 Å². The second-order valence-electron chi connectivity index (χ2n) is 1.58. The Balaban J connectivity index is 2.89. The minimum absolute atomic E-state index is 0.629. The van der Waals surface area contributed by atoms with Gasteiger partial charge < -0.3 is 0 Å². The van der Waals surface area contributed by atoms with Gasteiger partial charge in [0.1, 0.15) is 5.69 Å². The number of rotatable bonds is 0. The smallest absolute Gasteiger partial charge is 0.152 e. The number of aromatic nitrogens is 1. The molecule has 2 nitrogen and oxygen atoms in total. The standard InChI is InChI=1S/C8H4N2/c9-6-3-5-8-4-1-2-7-10-8/h1-2,4,7H. The summed E-state index contributed by atoms with van der Waals surface area (Å²) >= 11 is 0. The molecule has 0 bridgehead atoms. The highest BCUT2D eigenvalue weighted by Gasteiger charge is 1.80. The second-order valence-corrected chi connectivity index (χ2v) is 1.58. The molecule has 0 aliphatic rings. The molecule has 0 N–H and O–H groups in total. The monoisotopic (exact) mass is 128 g/mol. The lowest BCUT2D eigenvalue weighted by atomic mass is 10.3. The molecule has 0 spiro atoms. The maximum absolute atomic E-state index is 8.08. The number of nitrogens with zero attached hydrogens (tertiary/aromatic N) is 2. The van der Waals surface area contributed by atoms with E-state index in [0.29, 0.717) is 5.69 Å². The molecule has 0 amide bonds. The molecule has 10 heavy (non-hydrogen) atoms. The molecular formula is C8H4N2. The molecule has 0 saturated carbocycles. The Labute approximate surface area is 59.1 Å². The normalized spacial score (nSPS) is 7.10. The summed E-state index contributed by atoms with van der Waals surface area (Å²) < 4.78 is 0. The van der Waals surface area contributed by atoms with Crippen LogP contribution in [0.1, 0.15) is 5.69 Å². The van der Waals surface area contributed by atoms with Crippen molar-refractivity contribution in [3.05, 3.63) is 30.1 Å². The van der Waals surface area contributed by atoms with Gasteiger partial charge in [0.15, 0.2) is 6.07 Å². The quantitative estimate of drug-likeness (QED) is 0.488. The van der Waals surface area contributed by atoms with Crippen molar-refractivity contribution in [1.82, 2.24) is 4.98 Å². The third-order valence-electron chi connectivity index (χ3n) is 0.911. The molecule has 1 rings (SSSR count). The minimum atomic E-state index is 0.629. The number of pyridine rings is 1. The van der Waals surface area contributed by atoms with Crippen molar-refractivity contribution in [2.24, 2.45) is 0 Å². The Morgan fingerprint density at radius 2 is 2.30 bits per heavy atom. The largest absolute Gasteiger partial charge is 0.248 e. The Kier molecular flexibility index (Phi) is 2.07. The van der Waals surface area contributed by atoms with Crippen LogP contribution < -0.4 is 0 Å². The van der Waals surface area contributed by atoms with Gasteiger partial charge in [-0.3, -0.25) is 0 Å². The van der Waals surface area contributed by atoms with E-state index in [4.69, 9.17) is 5.26 Å². The molecule has 1 aromatic rings. The topological polar surface area (TPSA) is 36.7 Å². The molecule has 0 saturated heterocycles. The van der Waals surface area contributed by atoms with E-state index in [1.807, 2.05) is 6.07 Å². The van der Waals surface area contributed by atoms with Gasteiger partial charge in [-0.15, -0.1) is 0 Å². The highest BCUT2D eigenvalue weighted by molar-refractivity contribution is 5.31. The highest BCUT2D eigenvalue weighted by Crippen LogP contribution is 1.87. The van der Waals surface area contributed by atoms with Crippen LogP contribution in [0.2, 0.25) is 0 Å². The Morgan fingerprint density at radius 1 is 1.40 bits per heavy atom. The van der Waals surface area contributed by atoms with Gasteiger partial charge >= 0.3 is 0 Å². The Morgan fingerprint density at radius 3 is 2.90 bits per heavy atom. The fraction of sp³-hybridized carbons (Fsp3) is 0. The lowest BCUT2D eigenvalue weighted by Gasteiger charge is -1.82. The Hall–Kier alpha value is -1.80. The zero-order chi connectivity index (χ0) is 7.23. The maximum atomic E-state index is 8.08. The van der Waals surface area contributed by atoms with Crippen molar-refractivity contribution in [2.45, 2.75) is 0 Å². The first-order valence-corrected chi connectivity index (χ1v) is 2.74. The van der Waals surface area contributed by atoms with E-state index in [1.165, 1.54) is 0 Å². The van der Waals surface area contributed by atoms with Crippen LogP contribution in [-0.2, 0) is 0 Å². The van der Waals surface area contributed by atoms with Crippen LogP contribution in [0.5, 0.6) is 0 Å². The third-order valence-corrected chi connectivity index (χ3v) is 0.911. The maximum Gasteiger partial charge on any atom is 0.152 e. The molecule has 0 atom stereocenters. The SMILES string of the molecule is N#CC#Cc1ccccn1. The van der Waals surface area contributed by atoms with Crippen molar-refractivity contribution in [3.63, 3.8) is 0 Å². The van der Waals surface area contributed by atoms with Gasteiger partial charge in [-0.05, 0) is 18.1 Å². The van der Waals surface area contributed by atoms with Crippen molar-refractivity contribution in [3.8, 4) is 17.9 Å². The Bertz CT molecular complexity index is 298. The molecule has 0 fully saturated rings. The summed E-state index contributed by atoms with van der Waals surface area (Å²) in [6, 6.07) is 7.10. The van der Waals surface area contributed by atoms with E-state index >= 15 is 0 Å². The molecule has 2 heteroatoms. The van der Waals surface area contributed by atoms with Gasteiger partial charge in [-0.25, -0.2) is 4.98 Å². The molecule has 1 heterocycles. The average Bonchev–Trinajstić information content (AvgIpc) is 2.03. The van der Waals surface area contributed by atoms with Crippen LogP contribution in [0, 0.1) is 23.2 Å². The van der Waals surface area contributed by atoms with E-state index < -0.39 is 0 Å². The number of hydrogen-bond donors (Lipinski definition) is 0. The molecule has 0 aliphatic carbocycles. The third kappa shape index (κ3) is 1.61. The van der Waals surface area contributed by atoms with Crippen LogP contribution in [0.3, 0.4) is 0 Å². The second kappa shape index (κ2) is 3.27. The van der Waals surface area contributed by atoms with Crippen molar-refractivity contribution >= 4 is 0 Å². The molecule has 0 radical (unpaired) electrons. The summed E-state index contributed by atoms with van der Waals surface area (Å²) in [5, 5.41) is 8.08. The lowest BCUT2D eigenvalue weighted by Crippen LogP contribution is -1.76. The van der Waals surface area contributed by atoms with Crippen LogP contribution in [0.25, 0.3) is 0 Å². The molecule has 1 aromatic heterocycles. The fourth-order valence-electron chi connectivity index (χ4n) is 0.529. The van der Waals surface area contributed by atoms with E-state index in [-0.39, 0.29) is 0 Å². The summed E-state index contributed by atoms with van der Waals surface area (Å²) in [6.45, 7) is 0. The van der Waals surface area contributed by atoms with E-state index in [2.05, 4.69) is 16.8 Å². The predicted molar refractivity (Wildman–Crippen MR) is 36.7 cm³/mol. The average molecular weight is 128 g/mol. The van der Waals surface area contributed by atoms with Crippen LogP contribution in [0.15, 0.2) is 24.4 Å². The van der Waals surface area contributed by atoms with E-state index in [1.54, 1.807) is 24.4 Å². The summed E-state index contributed by atoms with van der Waals surface area (Å²) in [5.41, 5.74) is 0.629. The van der Waals surface area contributed by atoms with Gasteiger partial charge in [0, 0.05) is 12.1 Å². The molecule has 0 aliphatic heterocycles. The molecule has 46 valence electrons. The lowest BCUT2D eigenvalue weighted by molar-refractivity contribution is 1.29. The number of hydrogen-bond acceptors (Lipinski definition) is 2. The van der Waals surface area contributed by atoms with Crippen LogP contribution in [-0.4, -0.2) is 4.98 Å². The minimum Gasteiger partial charge on any atom is -0.248 e. The van der Waals surface area contributed by atoms with Crippen LogP contribution in [0.4, 0.5) is 0 Å². The molecular weight excluding hydrogens is 124 g/mol. The first kappa shape index (κ1) is 6.32.